The predicted molar refractivity (Wildman–Crippen MR) is 229 cm³/mol. The summed E-state index contributed by atoms with van der Waals surface area (Å²) in [6.07, 6.45) is 0. The predicted octanol–water partition coefficient (Wildman–Crippen LogP) is 14.0. The number of fused-ring (bicyclic) bond motifs is 7. The smallest absolute Gasteiger partial charge is 0.227 e. The minimum Gasteiger partial charge on any atom is -0.434 e. The Balaban J connectivity index is 1.18. The van der Waals surface area contributed by atoms with Crippen molar-refractivity contribution in [3.8, 4) is 28.3 Å². The molecular formula is C51H33N3O. The van der Waals surface area contributed by atoms with Crippen molar-refractivity contribution in [3.05, 3.63) is 200 Å². The summed E-state index contributed by atoms with van der Waals surface area (Å²) in [5.41, 5.74) is 11.2. The Bertz CT molecular complexity index is 3210. The van der Waals surface area contributed by atoms with Gasteiger partial charge in [-0.15, -0.1) is 0 Å². The van der Waals surface area contributed by atoms with Gasteiger partial charge in [-0.25, -0.2) is 4.98 Å². The lowest BCUT2D eigenvalue weighted by molar-refractivity contribution is 0.620. The molecule has 0 spiro atoms. The zero-order valence-corrected chi connectivity index (χ0v) is 29.8. The van der Waals surface area contributed by atoms with Crippen LogP contribution in [0.4, 0.5) is 17.1 Å². The number of aromatic nitrogens is 2. The number of anilines is 3. The maximum Gasteiger partial charge on any atom is 0.227 e. The van der Waals surface area contributed by atoms with Crippen LogP contribution in [0.2, 0.25) is 0 Å². The van der Waals surface area contributed by atoms with E-state index < -0.39 is 0 Å². The quantitative estimate of drug-likeness (QED) is 0.173. The summed E-state index contributed by atoms with van der Waals surface area (Å²) in [6, 6.07) is 71.1. The van der Waals surface area contributed by atoms with Crippen LogP contribution in [0.5, 0.6) is 0 Å². The molecule has 55 heavy (non-hydrogen) atoms. The second kappa shape index (κ2) is 12.6. The lowest BCUT2D eigenvalue weighted by atomic mass is 10.0. The highest BCUT2D eigenvalue weighted by molar-refractivity contribution is 6.19. The Morgan fingerprint density at radius 1 is 0.436 bits per heavy atom. The Hall–Kier alpha value is -7.43. The third-order valence-electron chi connectivity index (χ3n) is 10.8. The summed E-state index contributed by atoms with van der Waals surface area (Å²) in [5, 5.41) is 7.30. The number of para-hydroxylation sites is 2. The van der Waals surface area contributed by atoms with Crippen LogP contribution in [0, 0.1) is 0 Å². The Labute approximate surface area is 317 Å². The number of benzene rings is 9. The van der Waals surface area contributed by atoms with Crippen molar-refractivity contribution in [1.82, 2.24) is 9.55 Å². The molecule has 0 saturated heterocycles. The number of oxazole rings is 1. The summed E-state index contributed by atoms with van der Waals surface area (Å²) in [5.74, 6) is 0.597. The van der Waals surface area contributed by atoms with Crippen molar-refractivity contribution < 1.29 is 4.42 Å². The lowest BCUT2D eigenvalue weighted by Crippen LogP contribution is -2.10. The molecule has 4 heteroatoms. The second-order valence-electron chi connectivity index (χ2n) is 14.0. The molecule has 0 amide bonds. The average molecular weight is 704 g/mol. The molecule has 11 aromatic rings. The van der Waals surface area contributed by atoms with Crippen molar-refractivity contribution in [3.63, 3.8) is 0 Å². The molecule has 0 aliphatic rings. The van der Waals surface area contributed by atoms with Crippen LogP contribution >= 0.6 is 0 Å². The molecule has 2 heterocycles. The number of nitrogens with zero attached hydrogens (tertiary/aromatic N) is 3. The molecule has 0 atom stereocenters. The van der Waals surface area contributed by atoms with Crippen LogP contribution in [0.15, 0.2) is 205 Å². The highest BCUT2D eigenvalue weighted by Gasteiger charge is 2.23. The van der Waals surface area contributed by atoms with E-state index >= 15 is 0 Å². The Morgan fingerprint density at radius 3 is 1.98 bits per heavy atom. The topological polar surface area (TPSA) is 34.2 Å². The fraction of sp³-hybridized carbons (Fsp3) is 0. The minimum absolute atomic E-state index is 0.597. The van der Waals surface area contributed by atoms with Crippen LogP contribution in [0.3, 0.4) is 0 Å². The van der Waals surface area contributed by atoms with E-state index in [1.165, 1.54) is 37.8 Å². The summed E-state index contributed by atoms with van der Waals surface area (Å²) in [7, 11) is 0. The largest absolute Gasteiger partial charge is 0.434 e. The van der Waals surface area contributed by atoms with Crippen LogP contribution in [0.1, 0.15) is 0 Å². The zero-order chi connectivity index (χ0) is 36.3. The first-order chi connectivity index (χ1) is 27.3. The van der Waals surface area contributed by atoms with Gasteiger partial charge < -0.3 is 13.9 Å². The molecule has 2 aromatic heterocycles. The molecule has 0 unspecified atom stereocenters. The molecule has 0 bridgehead atoms. The van der Waals surface area contributed by atoms with E-state index in [2.05, 4.69) is 173 Å². The van der Waals surface area contributed by atoms with E-state index in [4.69, 9.17) is 9.40 Å². The average Bonchev–Trinajstić information content (AvgIpc) is 3.85. The normalized spacial score (nSPS) is 11.6. The third-order valence-corrected chi connectivity index (χ3v) is 10.8. The van der Waals surface area contributed by atoms with Gasteiger partial charge in [0.05, 0.1) is 16.7 Å². The zero-order valence-electron chi connectivity index (χ0n) is 29.8. The van der Waals surface area contributed by atoms with Crippen LogP contribution in [0.25, 0.3) is 82.7 Å². The molecule has 258 valence electrons. The van der Waals surface area contributed by atoms with E-state index in [-0.39, 0.29) is 0 Å². The van der Waals surface area contributed by atoms with Crippen molar-refractivity contribution in [1.29, 1.82) is 0 Å². The molecule has 0 fully saturated rings. The van der Waals surface area contributed by atoms with Gasteiger partial charge >= 0.3 is 0 Å². The maximum absolute atomic E-state index is 6.69. The van der Waals surface area contributed by atoms with Gasteiger partial charge in [0, 0.05) is 38.8 Å². The molecule has 0 aliphatic carbocycles. The number of hydrogen-bond donors (Lipinski definition) is 0. The SMILES string of the molecule is c1ccc(-c2nc3cccc(N(c4cccc(-c5ccc6ccccc6c5)c4)c4ccc5c6ccc7ccccc7c6n(-c6ccccc6)c5c4)c3o2)cc1. The van der Waals surface area contributed by atoms with E-state index in [0.29, 0.717) is 5.89 Å². The Morgan fingerprint density at radius 2 is 1.11 bits per heavy atom. The molecule has 0 radical (unpaired) electrons. The molecule has 0 saturated carbocycles. The fourth-order valence-corrected chi connectivity index (χ4v) is 8.19. The first kappa shape index (κ1) is 31.1. The van der Waals surface area contributed by atoms with Crippen LogP contribution < -0.4 is 4.90 Å². The first-order valence-electron chi connectivity index (χ1n) is 18.6. The van der Waals surface area contributed by atoms with Gasteiger partial charge in [0.1, 0.15) is 5.52 Å². The Kier molecular flexibility index (Phi) is 7.14. The van der Waals surface area contributed by atoms with Gasteiger partial charge in [0.2, 0.25) is 5.89 Å². The van der Waals surface area contributed by atoms with E-state index in [1.807, 2.05) is 36.4 Å². The first-order valence-corrected chi connectivity index (χ1v) is 18.6. The lowest BCUT2D eigenvalue weighted by Gasteiger charge is -2.26. The van der Waals surface area contributed by atoms with Crippen molar-refractivity contribution in [2.24, 2.45) is 0 Å². The van der Waals surface area contributed by atoms with Crippen molar-refractivity contribution in [2.75, 3.05) is 4.90 Å². The summed E-state index contributed by atoms with van der Waals surface area (Å²) < 4.78 is 9.11. The second-order valence-corrected chi connectivity index (χ2v) is 14.0. The fourth-order valence-electron chi connectivity index (χ4n) is 8.19. The highest BCUT2D eigenvalue weighted by atomic mass is 16.3. The highest BCUT2D eigenvalue weighted by Crippen LogP contribution is 2.44. The van der Waals surface area contributed by atoms with Gasteiger partial charge in [-0.05, 0) is 94.0 Å². The standard InChI is InChI=1S/C51H33N3O/c1-3-15-36(16-4-1)51-52-46-23-12-24-47(50(46)55-51)53(41-21-11-18-38(32-41)39-26-25-34-13-7-8-17-37(34)31-39)42-28-30-44-45-29-27-35-14-9-10-22-43(35)49(45)54(48(44)33-42)40-19-5-2-6-20-40/h1-33H. The maximum atomic E-state index is 6.69. The molecule has 0 aliphatic heterocycles. The van der Waals surface area contributed by atoms with Gasteiger partial charge in [-0.3, -0.25) is 0 Å². The summed E-state index contributed by atoms with van der Waals surface area (Å²) >= 11 is 0. The summed E-state index contributed by atoms with van der Waals surface area (Å²) in [4.78, 5) is 7.29. The third kappa shape index (κ3) is 5.19. The molecule has 11 rings (SSSR count). The van der Waals surface area contributed by atoms with Crippen LogP contribution in [-0.2, 0) is 0 Å². The monoisotopic (exact) mass is 703 g/mol. The molecule has 9 aromatic carbocycles. The number of hydrogen-bond acceptors (Lipinski definition) is 3. The van der Waals surface area contributed by atoms with Crippen molar-refractivity contribution in [2.45, 2.75) is 0 Å². The minimum atomic E-state index is 0.597. The molecular weight excluding hydrogens is 671 g/mol. The molecule has 4 nitrogen and oxygen atoms in total. The number of rotatable bonds is 6. The van der Waals surface area contributed by atoms with Gasteiger partial charge in [-0.1, -0.05) is 133 Å². The van der Waals surface area contributed by atoms with Crippen LogP contribution in [-0.4, -0.2) is 9.55 Å². The summed E-state index contributed by atoms with van der Waals surface area (Å²) in [6.45, 7) is 0. The van der Waals surface area contributed by atoms with E-state index in [0.717, 1.165) is 56.1 Å². The van der Waals surface area contributed by atoms with Gasteiger partial charge in [0.15, 0.2) is 5.58 Å². The van der Waals surface area contributed by atoms with E-state index in [1.54, 1.807) is 0 Å². The van der Waals surface area contributed by atoms with Crippen molar-refractivity contribution >= 4 is 71.5 Å². The van der Waals surface area contributed by atoms with Gasteiger partial charge in [-0.2, -0.15) is 0 Å². The van der Waals surface area contributed by atoms with Gasteiger partial charge in [0.25, 0.3) is 0 Å². The van der Waals surface area contributed by atoms with E-state index in [9.17, 15) is 0 Å². The molecule has 0 N–H and O–H groups in total.